The van der Waals surface area contributed by atoms with Gasteiger partial charge < -0.3 is 20.5 Å². The summed E-state index contributed by atoms with van der Waals surface area (Å²) in [6.07, 6.45) is -0.983. The summed E-state index contributed by atoms with van der Waals surface area (Å²) in [4.78, 5) is 25.3. The van der Waals surface area contributed by atoms with Gasteiger partial charge in [0.05, 0.1) is 0 Å². The number of aromatic nitrogens is 1. The molecule has 0 aliphatic carbocycles. The molecule has 0 bridgehead atoms. The van der Waals surface area contributed by atoms with Crippen molar-refractivity contribution in [1.29, 1.82) is 0 Å². The third kappa shape index (κ3) is 6.54. The Morgan fingerprint density at radius 1 is 1.21 bits per heavy atom. The second-order valence-corrected chi connectivity index (χ2v) is 5.75. The van der Waals surface area contributed by atoms with Crippen LogP contribution in [0.1, 0.15) is 16.8 Å². The van der Waals surface area contributed by atoms with E-state index in [9.17, 15) is 18.0 Å². The van der Waals surface area contributed by atoms with Crippen molar-refractivity contribution in [2.45, 2.75) is 18.6 Å². The molecule has 10 heteroatoms. The smallest absolute Gasteiger partial charge is 0.475 e. The van der Waals surface area contributed by atoms with Crippen LogP contribution in [-0.2, 0) is 4.79 Å². The van der Waals surface area contributed by atoms with Crippen LogP contribution in [0.5, 0.6) is 11.5 Å². The number of hydrogen-bond acceptors (Lipinski definition) is 5. The molecule has 1 atom stereocenters. The second kappa shape index (κ2) is 9.70. The zero-order valence-corrected chi connectivity index (χ0v) is 14.6. The van der Waals surface area contributed by atoms with E-state index in [2.05, 4.69) is 15.6 Å². The molecule has 0 saturated carbocycles. The molecule has 1 amide bonds. The number of ether oxygens (including phenoxy) is 1. The van der Waals surface area contributed by atoms with Crippen molar-refractivity contribution in [2.24, 2.45) is 0 Å². The van der Waals surface area contributed by atoms with Gasteiger partial charge in [0.25, 0.3) is 5.91 Å². The number of hydrogen-bond donors (Lipinski definition) is 3. The van der Waals surface area contributed by atoms with Crippen LogP contribution in [0.25, 0.3) is 0 Å². The number of nitrogens with one attached hydrogen (secondary N) is 2. The quantitative estimate of drug-likeness (QED) is 0.733. The van der Waals surface area contributed by atoms with E-state index in [0.717, 1.165) is 19.5 Å². The number of carbonyl (C=O) groups is 2. The minimum Gasteiger partial charge on any atom is -0.475 e. The molecule has 0 radical (unpaired) electrons. The van der Waals surface area contributed by atoms with Crippen molar-refractivity contribution >= 4 is 11.9 Å². The van der Waals surface area contributed by atoms with Crippen LogP contribution in [0.2, 0.25) is 0 Å². The predicted molar refractivity (Wildman–Crippen MR) is 93.2 cm³/mol. The molecule has 0 spiro atoms. The summed E-state index contributed by atoms with van der Waals surface area (Å²) < 4.78 is 37.5. The molecule has 3 N–H and O–H groups in total. The Morgan fingerprint density at radius 2 is 1.89 bits per heavy atom. The molecule has 2 aromatic rings. The number of alkyl halides is 3. The van der Waals surface area contributed by atoms with Gasteiger partial charge in [0.15, 0.2) is 0 Å². The van der Waals surface area contributed by atoms with Crippen LogP contribution in [-0.4, -0.2) is 47.3 Å². The molecule has 2 heterocycles. The summed E-state index contributed by atoms with van der Waals surface area (Å²) in [5, 5.41) is 13.3. The molecule has 3 rings (SSSR count). The first-order chi connectivity index (χ1) is 13.3. The summed E-state index contributed by atoms with van der Waals surface area (Å²) in [5.41, 5.74) is 0.452. The van der Waals surface area contributed by atoms with Crippen LogP contribution in [0.15, 0.2) is 48.8 Å². The molecule has 1 aliphatic heterocycles. The first-order valence-electron chi connectivity index (χ1n) is 8.26. The van der Waals surface area contributed by atoms with Crippen LogP contribution in [0, 0.1) is 0 Å². The van der Waals surface area contributed by atoms with Gasteiger partial charge in [0, 0.05) is 25.0 Å². The van der Waals surface area contributed by atoms with Crippen LogP contribution < -0.4 is 15.4 Å². The highest BCUT2D eigenvalue weighted by molar-refractivity contribution is 5.96. The Balaban J connectivity index is 0.000000345. The van der Waals surface area contributed by atoms with Gasteiger partial charge in [-0.3, -0.25) is 9.78 Å². The molecule has 7 nitrogen and oxygen atoms in total. The van der Waals surface area contributed by atoms with Crippen LogP contribution in [0.4, 0.5) is 13.2 Å². The van der Waals surface area contributed by atoms with Gasteiger partial charge in [-0.25, -0.2) is 4.79 Å². The third-order valence-corrected chi connectivity index (χ3v) is 3.63. The van der Waals surface area contributed by atoms with Crippen molar-refractivity contribution < 1.29 is 32.6 Å². The fourth-order valence-corrected chi connectivity index (χ4v) is 2.30. The van der Waals surface area contributed by atoms with Gasteiger partial charge >= 0.3 is 12.1 Å². The van der Waals surface area contributed by atoms with E-state index in [4.69, 9.17) is 14.6 Å². The van der Waals surface area contributed by atoms with E-state index in [1.54, 1.807) is 12.3 Å². The number of pyridine rings is 1. The van der Waals surface area contributed by atoms with E-state index in [1.807, 2.05) is 30.3 Å². The second-order valence-electron chi connectivity index (χ2n) is 5.75. The Hall–Kier alpha value is -3.14. The number of rotatable bonds is 4. The molecule has 1 aliphatic rings. The summed E-state index contributed by atoms with van der Waals surface area (Å²) >= 11 is 0. The first-order valence-corrected chi connectivity index (χ1v) is 8.26. The van der Waals surface area contributed by atoms with Crippen molar-refractivity contribution in [2.75, 3.05) is 13.1 Å². The largest absolute Gasteiger partial charge is 0.490 e. The number of halogens is 3. The Bertz CT molecular complexity index is 794. The maximum absolute atomic E-state index is 12.4. The molecule has 150 valence electrons. The number of carbonyl (C=O) groups excluding carboxylic acids is 1. The van der Waals surface area contributed by atoms with Crippen molar-refractivity contribution in [3.63, 3.8) is 0 Å². The highest BCUT2D eigenvalue weighted by atomic mass is 19.4. The monoisotopic (exact) mass is 397 g/mol. The molecule has 1 saturated heterocycles. The lowest BCUT2D eigenvalue weighted by Gasteiger charge is -2.14. The number of carboxylic acids is 1. The normalized spacial score (nSPS) is 15.9. The van der Waals surface area contributed by atoms with E-state index in [-0.39, 0.29) is 11.9 Å². The summed E-state index contributed by atoms with van der Waals surface area (Å²) in [6.45, 7) is 1.74. The number of para-hydroxylation sites is 1. The van der Waals surface area contributed by atoms with E-state index in [0.29, 0.717) is 17.1 Å². The van der Waals surface area contributed by atoms with Gasteiger partial charge in [-0.2, -0.15) is 13.2 Å². The number of carboxylic acid groups (broad SMARTS) is 1. The SMILES string of the molecule is O=C(N[C@@H]1CCNC1)c1cnccc1Oc1ccccc1.O=C(O)C(F)(F)F. The summed E-state index contributed by atoms with van der Waals surface area (Å²) in [6, 6.07) is 11.3. The molecule has 28 heavy (non-hydrogen) atoms. The topological polar surface area (TPSA) is 101 Å². The van der Waals surface area contributed by atoms with Gasteiger partial charge in [0.1, 0.15) is 17.1 Å². The minimum atomic E-state index is -5.08. The number of aliphatic carboxylic acids is 1. The average Bonchev–Trinajstić information content (AvgIpc) is 3.16. The highest BCUT2D eigenvalue weighted by Crippen LogP contribution is 2.24. The Kier molecular flexibility index (Phi) is 7.33. The molecule has 1 aromatic carbocycles. The Labute approximate surface area is 158 Å². The zero-order chi connectivity index (χ0) is 20.6. The lowest BCUT2D eigenvalue weighted by atomic mass is 10.2. The van der Waals surface area contributed by atoms with Gasteiger partial charge in [0.2, 0.25) is 0 Å². The average molecular weight is 397 g/mol. The highest BCUT2D eigenvalue weighted by Gasteiger charge is 2.38. The summed E-state index contributed by atoms with van der Waals surface area (Å²) in [5.74, 6) is -1.70. The fourth-order valence-electron chi connectivity index (χ4n) is 2.30. The maximum Gasteiger partial charge on any atom is 0.490 e. The van der Waals surface area contributed by atoms with E-state index >= 15 is 0 Å². The molecular weight excluding hydrogens is 379 g/mol. The van der Waals surface area contributed by atoms with E-state index in [1.165, 1.54) is 6.20 Å². The fraction of sp³-hybridized carbons (Fsp3) is 0.278. The molecule has 1 fully saturated rings. The van der Waals surface area contributed by atoms with E-state index < -0.39 is 12.1 Å². The maximum atomic E-state index is 12.4. The lowest BCUT2D eigenvalue weighted by molar-refractivity contribution is -0.192. The van der Waals surface area contributed by atoms with Crippen molar-refractivity contribution in [3.05, 3.63) is 54.4 Å². The van der Waals surface area contributed by atoms with Crippen LogP contribution >= 0.6 is 0 Å². The standard InChI is InChI=1S/C16H17N3O2.C2HF3O2/c20-16(19-12-6-8-17-10-12)14-11-18-9-7-15(14)21-13-4-2-1-3-5-13;3-2(4,5)1(6)7/h1-5,7,9,11-12,17H,6,8,10H2,(H,19,20);(H,6,7)/t12-;/m1./s1. The molecular formula is C18H18F3N3O4. The zero-order valence-electron chi connectivity index (χ0n) is 14.6. The number of amides is 1. The van der Waals surface area contributed by atoms with Crippen LogP contribution in [0.3, 0.4) is 0 Å². The molecule has 1 aromatic heterocycles. The Morgan fingerprint density at radius 3 is 2.46 bits per heavy atom. The van der Waals surface area contributed by atoms with Gasteiger partial charge in [-0.05, 0) is 31.2 Å². The predicted octanol–water partition coefficient (Wildman–Crippen LogP) is 2.60. The lowest BCUT2D eigenvalue weighted by Crippen LogP contribution is -2.36. The van der Waals surface area contributed by atoms with Gasteiger partial charge in [-0.1, -0.05) is 18.2 Å². The summed E-state index contributed by atoms with van der Waals surface area (Å²) in [7, 11) is 0. The van der Waals surface area contributed by atoms with Crippen molar-refractivity contribution in [3.8, 4) is 11.5 Å². The molecule has 0 unspecified atom stereocenters. The van der Waals surface area contributed by atoms with Gasteiger partial charge in [-0.15, -0.1) is 0 Å². The number of benzene rings is 1. The number of nitrogens with zero attached hydrogens (tertiary/aromatic N) is 1. The third-order valence-electron chi connectivity index (χ3n) is 3.63. The van der Waals surface area contributed by atoms with Crippen molar-refractivity contribution in [1.82, 2.24) is 15.6 Å². The minimum absolute atomic E-state index is 0.150. The first kappa shape index (κ1) is 21.2.